The highest BCUT2D eigenvalue weighted by molar-refractivity contribution is 7.11. The molecule has 6 nitrogen and oxygen atoms in total. The molecule has 0 atom stereocenters. The maximum Gasteiger partial charge on any atom is 0.412 e. The molecule has 1 aromatic carbocycles. The van der Waals surface area contributed by atoms with Crippen molar-refractivity contribution < 1.29 is 19.4 Å². The van der Waals surface area contributed by atoms with E-state index in [1.807, 2.05) is 44.2 Å². The molecule has 0 aliphatic rings. The van der Waals surface area contributed by atoms with Crippen molar-refractivity contribution in [2.75, 3.05) is 5.32 Å². The standard InChI is InChI=1S/C15H16N2O4S/c1-9(2)12-11(14(18)19)13(22-17-12)16-15(20)21-8-10-6-4-3-5-7-10/h3-7,9H,8H2,1-2H3,(H,16,20)(H,18,19). The van der Waals surface area contributed by atoms with Crippen molar-refractivity contribution in [3.63, 3.8) is 0 Å². The Morgan fingerprint density at radius 2 is 2.00 bits per heavy atom. The number of carboxylic acid groups (broad SMARTS) is 1. The quantitative estimate of drug-likeness (QED) is 0.876. The zero-order valence-corrected chi connectivity index (χ0v) is 13.0. The van der Waals surface area contributed by atoms with Crippen LogP contribution in [-0.4, -0.2) is 21.5 Å². The number of hydrogen-bond donors (Lipinski definition) is 2. The minimum absolute atomic E-state index is 0.0247. The number of amides is 1. The number of ether oxygens (including phenoxy) is 1. The van der Waals surface area contributed by atoms with Gasteiger partial charge in [-0.2, -0.15) is 4.37 Å². The average Bonchev–Trinajstić information content (AvgIpc) is 2.90. The van der Waals surface area contributed by atoms with Crippen LogP contribution in [0.4, 0.5) is 9.80 Å². The minimum atomic E-state index is -1.11. The highest BCUT2D eigenvalue weighted by Gasteiger charge is 2.23. The maximum absolute atomic E-state index is 11.8. The number of benzene rings is 1. The number of aromatic carboxylic acids is 1. The largest absolute Gasteiger partial charge is 0.478 e. The molecule has 0 aliphatic carbocycles. The lowest BCUT2D eigenvalue weighted by Crippen LogP contribution is -2.15. The fourth-order valence-corrected chi connectivity index (χ4v) is 2.74. The van der Waals surface area contributed by atoms with Crippen LogP contribution >= 0.6 is 11.5 Å². The summed E-state index contributed by atoms with van der Waals surface area (Å²) >= 11 is 0.940. The fourth-order valence-electron chi connectivity index (χ4n) is 1.84. The normalized spacial score (nSPS) is 10.5. The molecule has 1 aromatic heterocycles. The second kappa shape index (κ2) is 7.04. The molecule has 0 aliphatic heterocycles. The van der Waals surface area contributed by atoms with E-state index < -0.39 is 12.1 Å². The Balaban J connectivity index is 2.04. The maximum atomic E-state index is 11.8. The van der Waals surface area contributed by atoms with Gasteiger partial charge in [-0.15, -0.1) is 0 Å². The molecule has 0 fully saturated rings. The van der Waals surface area contributed by atoms with Gasteiger partial charge < -0.3 is 9.84 Å². The summed E-state index contributed by atoms with van der Waals surface area (Å²) in [5.74, 6) is -1.16. The van der Waals surface area contributed by atoms with Gasteiger partial charge in [0.1, 0.15) is 17.2 Å². The van der Waals surface area contributed by atoms with Crippen LogP contribution < -0.4 is 5.32 Å². The molecule has 7 heteroatoms. The molecule has 2 rings (SSSR count). The van der Waals surface area contributed by atoms with E-state index in [4.69, 9.17) is 4.74 Å². The third kappa shape index (κ3) is 3.82. The lowest BCUT2D eigenvalue weighted by Gasteiger charge is -2.07. The van der Waals surface area contributed by atoms with E-state index in [2.05, 4.69) is 9.69 Å². The smallest absolute Gasteiger partial charge is 0.412 e. The van der Waals surface area contributed by atoms with E-state index in [9.17, 15) is 14.7 Å². The Morgan fingerprint density at radius 3 is 2.59 bits per heavy atom. The first-order valence-corrected chi connectivity index (χ1v) is 7.47. The summed E-state index contributed by atoms with van der Waals surface area (Å²) < 4.78 is 9.17. The number of carbonyl (C=O) groups is 2. The third-order valence-electron chi connectivity index (χ3n) is 2.91. The number of anilines is 1. The van der Waals surface area contributed by atoms with Gasteiger partial charge in [0.05, 0.1) is 5.69 Å². The summed E-state index contributed by atoms with van der Waals surface area (Å²) in [6.45, 7) is 3.81. The Kier molecular flexibility index (Phi) is 5.11. The monoisotopic (exact) mass is 320 g/mol. The summed E-state index contributed by atoms with van der Waals surface area (Å²) in [7, 11) is 0. The van der Waals surface area contributed by atoms with Crippen molar-refractivity contribution in [1.29, 1.82) is 0 Å². The highest BCUT2D eigenvalue weighted by atomic mass is 32.1. The first kappa shape index (κ1) is 16.0. The molecule has 1 heterocycles. The molecule has 0 saturated heterocycles. The van der Waals surface area contributed by atoms with Crippen molar-refractivity contribution >= 4 is 28.6 Å². The zero-order chi connectivity index (χ0) is 16.1. The van der Waals surface area contributed by atoms with Gasteiger partial charge in [0.25, 0.3) is 0 Å². The fraction of sp³-hybridized carbons (Fsp3) is 0.267. The average molecular weight is 320 g/mol. The number of nitrogens with zero attached hydrogens (tertiary/aromatic N) is 1. The molecule has 0 radical (unpaired) electrons. The molecule has 2 N–H and O–H groups in total. The van der Waals surface area contributed by atoms with Gasteiger partial charge in [-0.3, -0.25) is 5.32 Å². The molecule has 0 unspecified atom stereocenters. The Morgan fingerprint density at radius 1 is 1.32 bits per heavy atom. The van der Waals surface area contributed by atoms with Crippen molar-refractivity contribution in [2.24, 2.45) is 0 Å². The Labute approximate surface area is 131 Å². The van der Waals surface area contributed by atoms with Crippen molar-refractivity contribution in [3.8, 4) is 0 Å². The van der Waals surface area contributed by atoms with E-state index in [-0.39, 0.29) is 23.1 Å². The van der Waals surface area contributed by atoms with Crippen molar-refractivity contribution in [1.82, 2.24) is 4.37 Å². The van der Waals surface area contributed by atoms with Crippen molar-refractivity contribution in [3.05, 3.63) is 47.2 Å². The third-order valence-corrected chi connectivity index (χ3v) is 3.68. The van der Waals surface area contributed by atoms with E-state index in [1.165, 1.54) is 0 Å². The predicted octanol–water partition coefficient (Wildman–Crippen LogP) is 3.71. The highest BCUT2D eigenvalue weighted by Crippen LogP contribution is 2.29. The number of carbonyl (C=O) groups excluding carboxylic acids is 1. The Hall–Kier alpha value is -2.41. The number of carboxylic acids is 1. The van der Waals surface area contributed by atoms with E-state index >= 15 is 0 Å². The summed E-state index contributed by atoms with van der Waals surface area (Å²) in [5.41, 5.74) is 1.33. The molecular formula is C15H16N2O4S. The predicted molar refractivity (Wildman–Crippen MR) is 83.4 cm³/mol. The molecule has 0 saturated carbocycles. The van der Waals surface area contributed by atoms with Gasteiger partial charge >= 0.3 is 12.1 Å². The van der Waals surface area contributed by atoms with Gasteiger partial charge in [0, 0.05) is 0 Å². The summed E-state index contributed by atoms with van der Waals surface area (Å²) in [6, 6.07) is 9.22. The molecule has 0 spiro atoms. The first-order valence-electron chi connectivity index (χ1n) is 6.69. The second-order valence-corrected chi connectivity index (χ2v) is 5.69. The van der Waals surface area contributed by atoms with Gasteiger partial charge in [0.15, 0.2) is 0 Å². The van der Waals surface area contributed by atoms with Crippen LogP contribution in [0.1, 0.15) is 41.4 Å². The molecule has 116 valence electrons. The van der Waals surface area contributed by atoms with Crippen LogP contribution in [0, 0.1) is 0 Å². The lowest BCUT2D eigenvalue weighted by atomic mass is 10.1. The van der Waals surface area contributed by atoms with E-state index in [0.29, 0.717) is 5.69 Å². The van der Waals surface area contributed by atoms with Crippen molar-refractivity contribution in [2.45, 2.75) is 26.4 Å². The van der Waals surface area contributed by atoms with Crippen LogP contribution in [0.25, 0.3) is 0 Å². The molecule has 1 amide bonds. The number of aromatic nitrogens is 1. The summed E-state index contributed by atoms with van der Waals surface area (Å²) in [4.78, 5) is 23.1. The van der Waals surface area contributed by atoms with Gasteiger partial charge in [-0.25, -0.2) is 9.59 Å². The van der Waals surface area contributed by atoms with Gasteiger partial charge in [-0.05, 0) is 23.0 Å². The minimum Gasteiger partial charge on any atom is -0.478 e. The SMILES string of the molecule is CC(C)c1nsc(NC(=O)OCc2ccccc2)c1C(=O)O. The number of rotatable bonds is 5. The Bertz CT molecular complexity index is 667. The van der Waals surface area contributed by atoms with Crippen LogP contribution in [0.5, 0.6) is 0 Å². The van der Waals surface area contributed by atoms with Crippen LogP contribution in [0.2, 0.25) is 0 Å². The van der Waals surface area contributed by atoms with Crippen LogP contribution in [0.15, 0.2) is 30.3 Å². The number of nitrogens with one attached hydrogen (secondary N) is 1. The molecule has 0 bridgehead atoms. The molecule has 2 aromatic rings. The topological polar surface area (TPSA) is 88.5 Å². The van der Waals surface area contributed by atoms with E-state index in [0.717, 1.165) is 17.1 Å². The van der Waals surface area contributed by atoms with E-state index in [1.54, 1.807) is 0 Å². The lowest BCUT2D eigenvalue weighted by molar-refractivity contribution is 0.0696. The summed E-state index contributed by atoms with van der Waals surface area (Å²) in [5, 5.41) is 11.9. The van der Waals surface area contributed by atoms with Gasteiger partial charge in [0.2, 0.25) is 0 Å². The van der Waals surface area contributed by atoms with Gasteiger partial charge in [-0.1, -0.05) is 44.2 Å². The first-order chi connectivity index (χ1) is 10.5. The summed E-state index contributed by atoms with van der Waals surface area (Å²) in [6.07, 6.45) is -0.703. The van der Waals surface area contributed by atoms with Crippen LogP contribution in [-0.2, 0) is 11.3 Å². The number of hydrogen-bond acceptors (Lipinski definition) is 5. The molecular weight excluding hydrogens is 304 g/mol. The van der Waals surface area contributed by atoms with Crippen LogP contribution in [0.3, 0.4) is 0 Å². The molecule has 22 heavy (non-hydrogen) atoms. The zero-order valence-electron chi connectivity index (χ0n) is 12.2. The second-order valence-electron chi connectivity index (χ2n) is 4.92.